The third kappa shape index (κ3) is 4.55. The van der Waals surface area contributed by atoms with E-state index in [-0.39, 0.29) is 30.7 Å². The highest BCUT2D eigenvalue weighted by Gasteiger charge is 2.34. The Bertz CT molecular complexity index is 1290. The van der Waals surface area contributed by atoms with Crippen LogP contribution in [-0.4, -0.2) is 61.4 Å². The summed E-state index contributed by atoms with van der Waals surface area (Å²) in [5.74, 6) is -0.169. The van der Waals surface area contributed by atoms with Crippen molar-refractivity contribution in [3.8, 4) is 5.88 Å². The molecule has 5 rings (SSSR count). The fourth-order valence-electron chi connectivity index (χ4n) is 4.50. The average molecular weight is 480 g/mol. The Morgan fingerprint density at radius 3 is 2.91 bits per heavy atom. The molecule has 0 saturated carbocycles. The van der Waals surface area contributed by atoms with Crippen molar-refractivity contribution in [1.82, 2.24) is 15.3 Å². The van der Waals surface area contributed by atoms with Crippen LogP contribution in [0.2, 0.25) is 0 Å². The fraction of sp³-hybridized carbons (Fsp3) is 0.360. The maximum Gasteiger partial charge on any atom is 0.414 e. The van der Waals surface area contributed by atoms with E-state index >= 15 is 0 Å². The Hall–Kier alpha value is -3.95. The van der Waals surface area contributed by atoms with E-state index in [4.69, 9.17) is 9.47 Å². The summed E-state index contributed by atoms with van der Waals surface area (Å²) in [4.78, 5) is 37.6. The molecule has 1 unspecified atom stereocenters. The van der Waals surface area contributed by atoms with Crippen molar-refractivity contribution in [2.75, 3.05) is 43.1 Å². The highest BCUT2D eigenvalue weighted by molar-refractivity contribution is 5.90. The number of benzene rings is 1. The van der Waals surface area contributed by atoms with Crippen molar-refractivity contribution in [3.05, 3.63) is 54.0 Å². The van der Waals surface area contributed by atoms with Gasteiger partial charge in [0.05, 0.1) is 43.0 Å². The first-order chi connectivity index (χ1) is 16.9. The topological polar surface area (TPSA) is 96.9 Å². The van der Waals surface area contributed by atoms with Crippen molar-refractivity contribution < 1.29 is 23.5 Å². The Morgan fingerprint density at radius 2 is 2.11 bits per heavy atom. The van der Waals surface area contributed by atoms with Gasteiger partial charge in [0.15, 0.2) is 0 Å². The van der Waals surface area contributed by atoms with Crippen LogP contribution in [0.5, 0.6) is 5.88 Å². The molecule has 0 spiro atoms. The van der Waals surface area contributed by atoms with Crippen molar-refractivity contribution in [2.45, 2.75) is 19.4 Å². The molecule has 3 aromatic rings. The molecule has 2 fully saturated rings. The summed E-state index contributed by atoms with van der Waals surface area (Å²) in [6.45, 7) is 3.36. The van der Waals surface area contributed by atoms with Crippen LogP contribution in [0.4, 0.5) is 20.6 Å². The molecule has 10 heteroatoms. The van der Waals surface area contributed by atoms with Gasteiger partial charge >= 0.3 is 6.09 Å². The number of hydrogen-bond acceptors (Lipinski definition) is 7. The van der Waals surface area contributed by atoms with E-state index in [2.05, 4.69) is 20.2 Å². The second kappa shape index (κ2) is 9.36. The minimum Gasteiger partial charge on any atom is -0.481 e. The van der Waals surface area contributed by atoms with Gasteiger partial charge in [-0.3, -0.25) is 14.7 Å². The summed E-state index contributed by atoms with van der Waals surface area (Å²) < 4.78 is 24.5. The number of carbonyl (C=O) groups excluding carboxylic acids is 2. The number of cyclic esters (lactones) is 1. The molecule has 9 nitrogen and oxygen atoms in total. The second-order valence-electron chi connectivity index (χ2n) is 8.78. The van der Waals surface area contributed by atoms with Gasteiger partial charge in [-0.25, -0.2) is 14.2 Å². The molecule has 2 aliphatic rings. The molecule has 182 valence electrons. The monoisotopic (exact) mass is 479 g/mol. The minimum atomic E-state index is -0.549. The van der Waals surface area contributed by atoms with Gasteiger partial charge < -0.3 is 19.7 Å². The standard InChI is InChI=1S/C25H26FN5O4/c1-15-3-4-17(11-19(15)26)31-14-18(35-25(31)33)12-28-24(32)16-8-10-30(13-16)21-7-9-27-20-5-6-22(34-2)29-23(20)21/h3-7,9,11,16,18H,8,10,12-14H2,1-2H3,(H,28,32)/t16?,18-/m1/s1. The summed E-state index contributed by atoms with van der Waals surface area (Å²) >= 11 is 0. The summed E-state index contributed by atoms with van der Waals surface area (Å²) in [7, 11) is 1.57. The number of ether oxygens (including phenoxy) is 2. The molecular weight excluding hydrogens is 453 g/mol. The SMILES string of the molecule is COc1ccc2nccc(N3CCC(C(=O)NC[C@@H]4CN(c5ccc(C)c(F)c5)C(=O)O4)C3)c2n1. The Balaban J connectivity index is 1.19. The first-order valence-corrected chi connectivity index (χ1v) is 11.5. The largest absolute Gasteiger partial charge is 0.481 e. The Kier molecular flexibility index (Phi) is 6.10. The van der Waals surface area contributed by atoms with Crippen LogP contribution in [0.3, 0.4) is 0 Å². The highest BCUT2D eigenvalue weighted by atomic mass is 19.1. The molecule has 1 aromatic carbocycles. The normalized spacial score (nSPS) is 19.8. The molecule has 0 bridgehead atoms. The molecule has 2 amide bonds. The van der Waals surface area contributed by atoms with E-state index < -0.39 is 12.2 Å². The Labute approximate surface area is 201 Å². The predicted molar refractivity (Wildman–Crippen MR) is 128 cm³/mol. The van der Waals surface area contributed by atoms with E-state index in [1.807, 2.05) is 12.1 Å². The summed E-state index contributed by atoms with van der Waals surface area (Å²) in [6.07, 6.45) is 1.37. The van der Waals surface area contributed by atoms with Crippen LogP contribution in [-0.2, 0) is 9.53 Å². The molecule has 35 heavy (non-hydrogen) atoms. The summed E-state index contributed by atoms with van der Waals surface area (Å²) in [5.41, 5.74) is 3.35. The van der Waals surface area contributed by atoms with E-state index in [0.717, 1.165) is 16.7 Å². The zero-order chi connectivity index (χ0) is 24.5. The third-order valence-corrected chi connectivity index (χ3v) is 6.49. The average Bonchev–Trinajstić information content (AvgIpc) is 3.50. The molecule has 0 radical (unpaired) electrons. The lowest BCUT2D eigenvalue weighted by Gasteiger charge is -2.20. The van der Waals surface area contributed by atoms with Crippen molar-refractivity contribution in [2.24, 2.45) is 5.92 Å². The number of fused-ring (bicyclic) bond motifs is 1. The lowest BCUT2D eigenvalue weighted by Crippen LogP contribution is -2.39. The van der Waals surface area contributed by atoms with Crippen LogP contribution >= 0.6 is 0 Å². The first-order valence-electron chi connectivity index (χ1n) is 11.5. The van der Waals surface area contributed by atoms with Crippen molar-refractivity contribution in [1.29, 1.82) is 0 Å². The number of nitrogens with one attached hydrogen (secondary N) is 1. The number of pyridine rings is 2. The number of amides is 2. The van der Waals surface area contributed by atoms with Crippen LogP contribution in [0.25, 0.3) is 11.0 Å². The van der Waals surface area contributed by atoms with Crippen LogP contribution in [0, 0.1) is 18.7 Å². The molecule has 0 aliphatic carbocycles. The number of carbonyl (C=O) groups is 2. The number of methoxy groups -OCH3 is 1. The number of aryl methyl sites for hydroxylation is 1. The molecular formula is C25H26FN5O4. The van der Waals surface area contributed by atoms with E-state index in [1.54, 1.807) is 38.4 Å². The van der Waals surface area contributed by atoms with Gasteiger partial charge in [-0.05, 0) is 43.2 Å². The summed E-state index contributed by atoms with van der Waals surface area (Å²) in [5, 5.41) is 2.92. The molecule has 2 aliphatic heterocycles. The van der Waals surface area contributed by atoms with Crippen LogP contribution in [0.1, 0.15) is 12.0 Å². The smallest absolute Gasteiger partial charge is 0.414 e. The van der Waals surface area contributed by atoms with Gasteiger partial charge in [0.25, 0.3) is 0 Å². The molecule has 2 atom stereocenters. The maximum absolute atomic E-state index is 13.9. The molecule has 4 heterocycles. The Morgan fingerprint density at radius 1 is 1.26 bits per heavy atom. The second-order valence-corrected chi connectivity index (χ2v) is 8.78. The highest BCUT2D eigenvalue weighted by Crippen LogP contribution is 2.30. The lowest BCUT2D eigenvalue weighted by molar-refractivity contribution is -0.124. The lowest BCUT2D eigenvalue weighted by atomic mass is 10.1. The zero-order valence-corrected chi connectivity index (χ0v) is 19.5. The number of anilines is 2. The van der Waals surface area contributed by atoms with Gasteiger partial charge in [0, 0.05) is 25.4 Å². The van der Waals surface area contributed by atoms with Gasteiger partial charge in [-0.2, -0.15) is 0 Å². The minimum absolute atomic E-state index is 0.0905. The first kappa shape index (κ1) is 22.8. The summed E-state index contributed by atoms with van der Waals surface area (Å²) in [6, 6.07) is 10.2. The quantitative estimate of drug-likeness (QED) is 0.580. The van der Waals surface area contributed by atoms with Crippen molar-refractivity contribution >= 4 is 34.4 Å². The van der Waals surface area contributed by atoms with Crippen LogP contribution < -0.4 is 19.9 Å². The fourth-order valence-corrected chi connectivity index (χ4v) is 4.50. The zero-order valence-electron chi connectivity index (χ0n) is 19.5. The van der Waals surface area contributed by atoms with Gasteiger partial charge in [-0.1, -0.05) is 6.07 Å². The third-order valence-electron chi connectivity index (χ3n) is 6.49. The van der Waals surface area contributed by atoms with Crippen molar-refractivity contribution in [3.63, 3.8) is 0 Å². The van der Waals surface area contributed by atoms with Gasteiger partial charge in [-0.15, -0.1) is 0 Å². The van der Waals surface area contributed by atoms with E-state index in [9.17, 15) is 14.0 Å². The maximum atomic E-state index is 13.9. The van der Waals surface area contributed by atoms with E-state index in [1.165, 1.54) is 11.0 Å². The molecule has 2 aromatic heterocycles. The number of aromatic nitrogens is 2. The number of nitrogens with zero attached hydrogens (tertiary/aromatic N) is 4. The predicted octanol–water partition coefficient (Wildman–Crippen LogP) is 3.05. The van der Waals surface area contributed by atoms with Crippen LogP contribution in [0.15, 0.2) is 42.6 Å². The molecule has 2 saturated heterocycles. The number of halogens is 1. The van der Waals surface area contributed by atoms with Gasteiger partial charge in [0.2, 0.25) is 11.8 Å². The number of hydrogen-bond donors (Lipinski definition) is 1. The molecule has 1 N–H and O–H groups in total. The van der Waals surface area contributed by atoms with Gasteiger partial charge in [0.1, 0.15) is 17.4 Å². The van der Waals surface area contributed by atoms with E-state index in [0.29, 0.717) is 36.6 Å². The number of rotatable bonds is 6.